The van der Waals surface area contributed by atoms with E-state index in [-0.39, 0.29) is 24.0 Å². The van der Waals surface area contributed by atoms with Gasteiger partial charge in [-0.3, -0.25) is 4.99 Å². The van der Waals surface area contributed by atoms with Gasteiger partial charge in [-0.05, 0) is 38.3 Å². The molecule has 1 aliphatic heterocycles. The number of thiazole rings is 1. The quantitative estimate of drug-likeness (QED) is 0.282. The van der Waals surface area contributed by atoms with Gasteiger partial charge in [-0.2, -0.15) is 0 Å². The predicted octanol–water partition coefficient (Wildman–Crippen LogP) is 4.57. The maximum atomic E-state index is 4.60. The van der Waals surface area contributed by atoms with E-state index in [0.717, 1.165) is 36.3 Å². The lowest BCUT2D eigenvalue weighted by atomic mass is 10.2. The Labute approximate surface area is 181 Å². The summed E-state index contributed by atoms with van der Waals surface area (Å²) in [6, 6.07) is 10.7. The van der Waals surface area contributed by atoms with Crippen molar-refractivity contribution in [1.82, 2.24) is 15.2 Å². The van der Waals surface area contributed by atoms with Crippen molar-refractivity contribution in [3.05, 3.63) is 45.9 Å². The number of nitrogens with zero attached hydrogens (tertiary/aromatic N) is 3. The number of likely N-dealkylation sites (tertiary alicyclic amines) is 1. The van der Waals surface area contributed by atoms with E-state index >= 15 is 0 Å². The van der Waals surface area contributed by atoms with Crippen molar-refractivity contribution >= 4 is 53.0 Å². The zero-order valence-corrected chi connectivity index (χ0v) is 19.5. The highest BCUT2D eigenvalue weighted by molar-refractivity contribution is 14.0. The van der Waals surface area contributed by atoms with E-state index in [2.05, 4.69) is 64.4 Å². The molecule has 0 aliphatic carbocycles. The molecule has 1 saturated heterocycles. The second-order valence-corrected chi connectivity index (χ2v) is 8.76. The number of thioether (sulfide) groups is 1. The number of halogens is 1. The smallest absolute Gasteiger partial charge is 0.194 e. The minimum Gasteiger partial charge on any atom is -0.350 e. The molecule has 7 heteroatoms. The van der Waals surface area contributed by atoms with Crippen LogP contribution in [0.4, 0.5) is 0 Å². The maximum absolute atomic E-state index is 4.60. The van der Waals surface area contributed by atoms with Crippen LogP contribution >= 0.6 is 47.1 Å². The van der Waals surface area contributed by atoms with Gasteiger partial charge >= 0.3 is 0 Å². The Morgan fingerprint density at radius 3 is 2.77 bits per heavy atom. The SMILES string of the molecule is CN=C(NCc1nc(C)c(C)s1)N1CCC(CSc2ccccc2)C1.I. The van der Waals surface area contributed by atoms with Gasteiger partial charge in [0.25, 0.3) is 0 Å². The highest BCUT2D eigenvalue weighted by atomic mass is 127. The molecule has 0 radical (unpaired) electrons. The number of nitrogens with one attached hydrogen (secondary N) is 1. The van der Waals surface area contributed by atoms with Crippen LogP contribution in [0.2, 0.25) is 0 Å². The molecule has 1 fully saturated rings. The third kappa shape index (κ3) is 5.85. The number of rotatable bonds is 5. The van der Waals surface area contributed by atoms with Gasteiger partial charge in [0.05, 0.1) is 12.2 Å². The van der Waals surface area contributed by atoms with Crippen molar-refractivity contribution in [2.24, 2.45) is 10.9 Å². The minimum atomic E-state index is 0. The molecular weight excluding hydrogens is 475 g/mol. The summed E-state index contributed by atoms with van der Waals surface area (Å²) < 4.78 is 0. The summed E-state index contributed by atoms with van der Waals surface area (Å²) in [6.07, 6.45) is 1.23. The molecule has 2 aromatic rings. The lowest BCUT2D eigenvalue weighted by Crippen LogP contribution is -2.39. The highest BCUT2D eigenvalue weighted by Gasteiger charge is 2.25. The van der Waals surface area contributed by atoms with Crippen molar-refractivity contribution in [3.63, 3.8) is 0 Å². The van der Waals surface area contributed by atoms with Gasteiger partial charge in [0, 0.05) is 35.7 Å². The van der Waals surface area contributed by atoms with Crippen LogP contribution in [0.3, 0.4) is 0 Å². The van der Waals surface area contributed by atoms with Gasteiger partial charge in [-0.15, -0.1) is 47.1 Å². The maximum Gasteiger partial charge on any atom is 0.194 e. The third-order valence-electron chi connectivity index (χ3n) is 4.50. The minimum absolute atomic E-state index is 0. The fraction of sp³-hybridized carbons (Fsp3) is 0.474. The highest BCUT2D eigenvalue weighted by Crippen LogP contribution is 2.26. The summed E-state index contributed by atoms with van der Waals surface area (Å²) in [5, 5.41) is 4.61. The van der Waals surface area contributed by atoms with Gasteiger partial charge in [0.15, 0.2) is 5.96 Å². The van der Waals surface area contributed by atoms with E-state index in [1.54, 1.807) is 11.3 Å². The second kappa shape index (κ2) is 10.5. The van der Waals surface area contributed by atoms with Crippen LogP contribution in [0.5, 0.6) is 0 Å². The number of aliphatic imine (C=N–C) groups is 1. The monoisotopic (exact) mass is 502 g/mol. The average Bonchev–Trinajstić information content (AvgIpc) is 3.22. The van der Waals surface area contributed by atoms with E-state index in [9.17, 15) is 0 Å². The Kier molecular flexibility index (Phi) is 8.69. The van der Waals surface area contributed by atoms with E-state index < -0.39 is 0 Å². The summed E-state index contributed by atoms with van der Waals surface area (Å²) in [7, 11) is 1.87. The number of aryl methyl sites for hydroxylation is 2. The summed E-state index contributed by atoms with van der Waals surface area (Å²) in [6.45, 7) is 7.11. The Balaban J connectivity index is 0.00000243. The van der Waals surface area contributed by atoms with Crippen molar-refractivity contribution in [2.45, 2.75) is 31.7 Å². The van der Waals surface area contributed by atoms with Crippen LogP contribution in [0.15, 0.2) is 40.2 Å². The predicted molar refractivity (Wildman–Crippen MR) is 124 cm³/mol. The normalized spacial score (nSPS) is 17.3. The summed E-state index contributed by atoms with van der Waals surface area (Å²) >= 11 is 3.72. The van der Waals surface area contributed by atoms with Crippen LogP contribution in [0.25, 0.3) is 0 Å². The Hall–Kier alpha value is -0.800. The summed E-state index contributed by atoms with van der Waals surface area (Å²) in [5.41, 5.74) is 1.14. The number of hydrogen-bond donors (Lipinski definition) is 1. The molecule has 0 bridgehead atoms. The lowest BCUT2D eigenvalue weighted by Gasteiger charge is -2.21. The number of aromatic nitrogens is 1. The second-order valence-electron chi connectivity index (χ2n) is 6.37. The largest absolute Gasteiger partial charge is 0.350 e. The van der Waals surface area contributed by atoms with E-state index in [1.807, 2.05) is 18.8 Å². The van der Waals surface area contributed by atoms with Crippen molar-refractivity contribution in [2.75, 3.05) is 25.9 Å². The Morgan fingerprint density at radius 1 is 1.35 bits per heavy atom. The van der Waals surface area contributed by atoms with Crippen LogP contribution in [0.1, 0.15) is 22.0 Å². The van der Waals surface area contributed by atoms with Crippen LogP contribution < -0.4 is 5.32 Å². The number of hydrogen-bond acceptors (Lipinski definition) is 4. The van der Waals surface area contributed by atoms with Gasteiger partial charge in [-0.25, -0.2) is 4.98 Å². The molecular formula is C19H27IN4S2. The fourth-order valence-electron chi connectivity index (χ4n) is 2.99. The van der Waals surface area contributed by atoms with Gasteiger partial charge in [0.2, 0.25) is 0 Å². The molecule has 1 aromatic heterocycles. The van der Waals surface area contributed by atoms with Crippen LogP contribution in [0, 0.1) is 19.8 Å². The third-order valence-corrected chi connectivity index (χ3v) is 6.81. The fourth-order valence-corrected chi connectivity index (χ4v) is 4.92. The first-order chi connectivity index (χ1) is 12.2. The molecule has 26 heavy (non-hydrogen) atoms. The topological polar surface area (TPSA) is 40.5 Å². The van der Waals surface area contributed by atoms with E-state index in [1.165, 1.54) is 21.9 Å². The van der Waals surface area contributed by atoms with Gasteiger partial charge in [0.1, 0.15) is 5.01 Å². The Bertz CT molecular complexity index is 698. The first-order valence-corrected chi connectivity index (χ1v) is 10.5. The Morgan fingerprint density at radius 2 is 2.12 bits per heavy atom. The molecule has 0 saturated carbocycles. The first-order valence-electron chi connectivity index (χ1n) is 8.72. The van der Waals surface area contributed by atoms with Crippen molar-refractivity contribution in [3.8, 4) is 0 Å². The molecule has 1 aliphatic rings. The standard InChI is InChI=1S/C19H26N4S2.HI/c1-14-15(2)25-18(22-14)11-21-19(20-3)23-10-9-16(12-23)13-24-17-7-5-4-6-8-17;/h4-8,16H,9-13H2,1-3H3,(H,20,21);1H. The van der Waals surface area contributed by atoms with Crippen LogP contribution in [-0.4, -0.2) is 41.7 Å². The molecule has 3 rings (SSSR count). The number of benzene rings is 1. The first kappa shape index (κ1) is 21.5. The molecule has 1 aromatic carbocycles. The molecule has 0 amide bonds. The van der Waals surface area contributed by atoms with Crippen molar-refractivity contribution in [1.29, 1.82) is 0 Å². The molecule has 2 heterocycles. The van der Waals surface area contributed by atoms with Crippen molar-refractivity contribution < 1.29 is 0 Å². The molecule has 1 unspecified atom stereocenters. The number of guanidine groups is 1. The molecule has 1 atom stereocenters. The molecule has 1 N–H and O–H groups in total. The van der Waals surface area contributed by atoms with Gasteiger partial charge in [-0.1, -0.05) is 18.2 Å². The molecule has 142 valence electrons. The molecule has 0 spiro atoms. The zero-order chi connectivity index (χ0) is 17.6. The van der Waals surface area contributed by atoms with E-state index in [0.29, 0.717) is 5.92 Å². The summed E-state index contributed by atoms with van der Waals surface area (Å²) in [5.74, 6) is 2.88. The zero-order valence-electron chi connectivity index (χ0n) is 15.6. The molecule has 4 nitrogen and oxygen atoms in total. The van der Waals surface area contributed by atoms with Gasteiger partial charge < -0.3 is 10.2 Å². The average molecular weight is 502 g/mol. The van der Waals surface area contributed by atoms with E-state index in [4.69, 9.17) is 0 Å². The lowest BCUT2D eigenvalue weighted by molar-refractivity contribution is 0.474. The van der Waals surface area contributed by atoms with Crippen LogP contribution in [-0.2, 0) is 6.54 Å². The summed E-state index contributed by atoms with van der Waals surface area (Å²) in [4.78, 5) is 14.1.